The van der Waals surface area contributed by atoms with E-state index in [1.54, 1.807) is 18.2 Å². The highest BCUT2D eigenvalue weighted by atomic mass is 16.7. The summed E-state index contributed by atoms with van der Waals surface area (Å²) in [5, 5.41) is 0. The lowest BCUT2D eigenvalue weighted by Gasteiger charge is -1.97. The summed E-state index contributed by atoms with van der Waals surface area (Å²) in [6.07, 6.45) is 0. The maximum absolute atomic E-state index is 10.8. The standard InChI is InChI=1S/C8H9NO2/c1-6-3-2-4-7(5-6)8(10)11-9/h2-5H,9H2,1H3. The third-order valence-corrected chi connectivity index (χ3v) is 1.36. The zero-order valence-electron chi connectivity index (χ0n) is 6.20. The van der Waals surface area contributed by atoms with Gasteiger partial charge in [-0.3, -0.25) is 0 Å². The topological polar surface area (TPSA) is 52.3 Å². The minimum atomic E-state index is -0.506. The molecule has 0 aliphatic carbocycles. The minimum absolute atomic E-state index is 0.479. The van der Waals surface area contributed by atoms with Crippen LogP contribution in [0.1, 0.15) is 15.9 Å². The summed E-state index contributed by atoms with van der Waals surface area (Å²) in [6.45, 7) is 1.90. The summed E-state index contributed by atoms with van der Waals surface area (Å²) < 4.78 is 0. The second-order valence-corrected chi connectivity index (χ2v) is 2.27. The Morgan fingerprint density at radius 1 is 1.55 bits per heavy atom. The van der Waals surface area contributed by atoms with E-state index in [1.165, 1.54) is 0 Å². The highest BCUT2D eigenvalue weighted by Gasteiger charge is 2.03. The number of rotatable bonds is 1. The molecule has 0 spiro atoms. The Morgan fingerprint density at radius 3 is 2.82 bits per heavy atom. The van der Waals surface area contributed by atoms with Crippen LogP contribution in [0.2, 0.25) is 0 Å². The second-order valence-electron chi connectivity index (χ2n) is 2.27. The van der Waals surface area contributed by atoms with Gasteiger partial charge >= 0.3 is 5.97 Å². The summed E-state index contributed by atoms with van der Waals surface area (Å²) in [7, 11) is 0. The van der Waals surface area contributed by atoms with Gasteiger partial charge in [0.25, 0.3) is 0 Å². The van der Waals surface area contributed by atoms with Crippen LogP contribution < -0.4 is 5.90 Å². The number of aryl methyl sites for hydroxylation is 1. The van der Waals surface area contributed by atoms with Crippen LogP contribution in [0.15, 0.2) is 24.3 Å². The van der Waals surface area contributed by atoms with E-state index in [0.29, 0.717) is 5.56 Å². The van der Waals surface area contributed by atoms with Gasteiger partial charge in [-0.15, -0.1) is 0 Å². The molecular weight excluding hydrogens is 142 g/mol. The zero-order chi connectivity index (χ0) is 8.27. The van der Waals surface area contributed by atoms with E-state index in [1.807, 2.05) is 13.0 Å². The third-order valence-electron chi connectivity index (χ3n) is 1.36. The molecule has 0 saturated carbocycles. The molecule has 2 N–H and O–H groups in total. The first-order valence-electron chi connectivity index (χ1n) is 3.22. The highest BCUT2D eigenvalue weighted by molar-refractivity contribution is 5.89. The molecule has 0 aliphatic heterocycles. The van der Waals surface area contributed by atoms with Gasteiger partial charge in [0.2, 0.25) is 0 Å². The number of hydrogen-bond donors (Lipinski definition) is 1. The van der Waals surface area contributed by atoms with E-state index in [4.69, 9.17) is 5.90 Å². The van der Waals surface area contributed by atoms with Gasteiger partial charge < -0.3 is 4.84 Å². The van der Waals surface area contributed by atoms with Crippen molar-refractivity contribution in [2.75, 3.05) is 0 Å². The Balaban J connectivity index is 2.96. The first-order valence-corrected chi connectivity index (χ1v) is 3.22. The van der Waals surface area contributed by atoms with Crippen molar-refractivity contribution < 1.29 is 9.63 Å². The number of benzene rings is 1. The molecule has 0 aromatic heterocycles. The number of hydrogen-bond acceptors (Lipinski definition) is 3. The number of carbonyl (C=O) groups excluding carboxylic acids is 1. The number of nitrogens with two attached hydrogens (primary N) is 1. The first kappa shape index (κ1) is 7.75. The van der Waals surface area contributed by atoms with E-state index in [2.05, 4.69) is 4.84 Å². The van der Waals surface area contributed by atoms with Crippen LogP contribution in [-0.4, -0.2) is 5.97 Å². The molecular formula is C8H9NO2. The van der Waals surface area contributed by atoms with Gasteiger partial charge in [-0.25, -0.2) is 4.79 Å². The zero-order valence-corrected chi connectivity index (χ0v) is 6.20. The monoisotopic (exact) mass is 151 g/mol. The molecule has 0 radical (unpaired) electrons. The molecule has 11 heavy (non-hydrogen) atoms. The van der Waals surface area contributed by atoms with Gasteiger partial charge in [0.05, 0.1) is 5.56 Å². The van der Waals surface area contributed by atoms with E-state index >= 15 is 0 Å². The Hall–Kier alpha value is -1.35. The third kappa shape index (κ3) is 1.78. The van der Waals surface area contributed by atoms with Gasteiger partial charge in [0.1, 0.15) is 0 Å². The number of carbonyl (C=O) groups is 1. The van der Waals surface area contributed by atoms with E-state index in [9.17, 15) is 4.79 Å². The largest absolute Gasteiger partial charge is 0.370 e. The van der Waals surface area contributed by atoms with E-state index in [0.717, 1.165) is 5.56 Å². The molecule has 0 aliphatic rings. The molecule has 0 unspecified atom stereocenters. The maximum atomic E-state index is 10.8. The Labute approximate surface area is 64.7 Å². The Kier molecular flexibility index (Phi) is 2.23. The minimum Gasteiger partial charge on any atom is -0.370 e. The fourth-order valence-corrected chi connectivity index (χ4v) is 0.840. The molecule has 58 valence electrons. The molecule has 3 heteroatoms. The van der Waals surface area contributed by atoms with Crippen molar-refractivity contribution in [1.29, 1.82) is 0 Å². The van der Waals surface area contributed by atoms with Crippen molar-refractivity contribution in [2.45, 2.75) is 6.92 Å². The van der Waals surface area contributed by atoms with Crippen LogP contribution in [0.5, 0.6) is 0 Å². The van der Waals surface area contributed by atoms with E-state index in [-0.39, 0.29) is 0 Å². The lowest BCUT2D eigenvalue weighted by atomic mass is 10.1. The van der Waals surface area contributed by atoms with Crippen LogP contribution >= 0.6 is 0 Å². The summed E-state index contributed by atoms with van der Waals surface area (Å²) in [4.78, 5) is 14.9. The van der Waals surface area contributed by atoms with Crippen LogP contribution in [0.25, 0.3) is 0 Å². The van der Waals surface area contributed by atoms with Gasteiger partial charge in [-0.05, 0) is 19.1 Å². The van der Waals surface area contributed by atoms with Crippen LogP contribution in [0.4, 0.5) is 0 Å². The van der Waals surface area contributed by atoms with Crippen molar-refractivity contribution in [2.24, 2.45) is 5.90 Å². The van der Waals surface area contributed by atoms with Crippen molar-refractivity contribution in [1.82, 2.24) is 0 Å². The SMILES string of the molecule is Cc1cccc(C(=O)ON)c1. The summed E-state index contributed by atoms with van der Waals surface area (Å²) in [6, 6.07) is 7.05. The molecule has 1 aromatic rings. The van der Waals surface area contributed by atoms with E-state index < -0.39 is 5.97 Å². The first-order chi connectivity index (χ1) is 5.24. The molecule has 0 saturated heterocycles. The van der Waals surface area contributed by atoms with Gasteiger partial charge in [0.15, 0.2) is 0 Å². The average molecular weight is 151 g/mol. The molecule has 0 fully saturated rings. The fourth-order valence-electron chi connectivity index (χ4n) is 0.840. The normalized spacial score (nSPS) is 9.27. The summed E-state index contributed by atoms with van der Waals surface area (Å²) >= 11 is 0. The lowest BCUT2D eigenvalue weighted by Crippen LogP contribution is -2.09. The molecule has 0 heterocycles. The fraction of sp³-hybridized carbons (Fsp3) is 0.125. The molecule has 1 rings (SSSR count). The smallest absolute Gasteiger partial charge is 0.356 e. The highest BCUT2D eigenvalue weighted by Crippen LogP contribution is 2.03. The van der Waals surface area contributed by atoms with Crippen LogP contribution in [0.3, 0.4) is 0 Å². The van der Waals surface area contributed by atoms with Crippen molar-refractivity contribution in [3.63, 3.8) is 0 Å². The maximum Gasteiger partial charge on any atom is 0.356 e. The predicted molar refractivity (Wildman–Crippen MR) is 40.8 cm³/mol. The Bertz CT molecular complexity index is 271. The molecule has 3 nitrogen and oxygen atoms in total. The Morgan fingerprint density at radius 2 is 2.27 bits per heavy atom. The summed E-state index contributed by atoms with van der Waals surface area (Å²) in [5.41, 5.74) is 1.49. The predicted octanol–water partition coefficient (Wildman–Crippen LogP) is 1.03. The van der Waals surface area contributed by atoms with Crippen molar-refractivity contribution >= 4 is 5.97 Å². The molecule has 1 aromatic carbocycles. The molecule has 0 bridgehead atoms. The van der Waals surface area contributed by atoms with Gasteiger partial charge in [-0.2, -0.15) is 5.90 Å². The molecule has 0 amide bonds. The average Bonchev–Trinajstić information content (AvgIpc) is 2.03. The van der Waals surface area contributed by atoms with Crippen LogP contribution in [-0.2, 0) is 4.84 Å². The molecule has 0 atom stereocenters. The van der Waals surface area contributed by atoms with Gasteiger partial charge in [0, 0.05) is 0 Å². The quantitative estimate of drug-likeness (QED) is 0.610. The van der Waals surface area contributed by atoms with Crippen LogP contribution in [0, 0.1) is 6.92 Å². The van der Waals surface area contributed by atoms with Gasteiger partial charge in [-0.1, -0.05) is 17.7 Å². The second kappa shape index (κ2) is 3.16. The lowest BCUT2D eigenvalue weighted by molar-refractivity contribution is 0.0503. The summed E-state index contributed by atoms with van der Waals surface area (Å²) in [5.74, 6) is 4.20. The van der Waals surface area contributed by atoms with Crippen molar-refractivity contribution in [3.8, 4) is 0 Å². The van der Waals surface area contributed by atoms with Crippen molar-refractivity contribution in [3.05, 3.63) is 35.4 Å².